The molecule has 0 spiro atoms. The van der Waals surface area contributed by atoms with Crippen LogP contribution in [-0.4, -0.2) is 12.3 Å². The van der Waals surface area contributed by atoms with E-state index in [1.807, 2.05) is 37.3 Å². The third-order valence-corrected chi connectivity index (χ3v) is 3.58. The summed E-state index contributed by atoms with van der Waals surface area (Å²) in [5.74, 6) is -3.94. The van der Waals surface area contributed by atoms with Crippen LogP contribution in [0.15, 0.2) is 48.6 Å². The van der Waals surface area contributed by atoms with E-state index in [-0.39, 0.29) is 6.42 Å². The molecule has 1 aromatic rings. The molecule has 0 N–H and O–H groups in total. The maximum Gasteiger partial charge on any atom is 0.307 e. The van der Waals surface area contributed by atoms with Crippen molar-refractivity contribution in [2.45, 2.75) is 51.4 Å². The molecule has 0 heterocycles. The molecule has 0 radical (unpaired) electrons. The van der Waals surface area contributed by atoms with E-state index >= 15 is 0 Å². The van der Waals surface area contributed by atoms with Crippen molar-refractivity contribution in [3.8, 4) is 0 Å². The second-order valence-electron chi connectivity index (χ2n) is 5.25. The van der Waals surface area contributed by atoms with E-state index in [9.17, 15) is 17.6 Å². The molecule has 1 aromatic carbocycles. The van der Waals surface area contributed by atoms with Crippen molar-refractivity contribution < 1.29 is 17.6 Å². The van der Waals surface area contributed by atoms with Gasteiger partial charge in [0.2, 0.25) is 0 Å². The molecular weight excluding hydrogens is 292 g/mol. The summed E-state index contributed by atoms with van der Waals surface area (Å²) in [6.45, 7) is 5.75. The van der Waals surface area contributed by atoms with E-state index in [1.54, 1.807) is 6.08 Å². The zero-order chi connectivity index (χ0) is 16.6. The lowest BCUT2D eigenvalue weighted by molar-refractivity contribution is -0.132. The van der Waals surface area contributed by atoms with Crippen molar-refractivity contribution in [2.24, 2.45) is 0 Å². The van der Waals surface area contributed by atoms with Gasteiger partial charge in [-0.25, -0.2) is 17.6 Å². The van der Waals surface area contributed by atoms with Crippen LogP contribution in [0, 0.1) is 0 Å². The Morgan fingerprint density at radius 3 is 2.32 bits per heavy atom. The first-order chi connectivity index (χ1) is 10.4. The lowest BCUT2D eigenvalue weighted by Gasteiger charge is -2.18. The Labute approximate surface area is 129 Å². The zero-order valence-electron chi connectivity index (χ0n) is 12.8. The summed E-state index contributed by atoms with van der Waals surface area (Å²) in [4.78, 5) is 0. The number of halogens is 4. The van der Waals surface area contributed by atoms with Crippen LogP contribution < -0.4 is 0 Å². The lowest BCUT2D eigenvalue weighted by atomic mass is 9.92. The van der Waals surface area contributed by atoms with E-state index in [2.05, 4.69) is 6.58 Å². The average molecular weight is 314 g/mol. The molecule has 0 amide bonds. The third-order valence-electron chi connectivity index (χ3n) is 3.58. The van der Waals surface area contributed by atoms with Gasteiger partial charge in [0.15, 0.2) is 0 Å². The number of hydrogen-bond donors (Lipinski definition) is 0. The van der Waals surface area contributed by atoms with Gasteiger partial charge in [0.25, 0.3) is 0 Å². The Morgan fingerprint density at radius 1 is 1.18 bits per heavy atom. The molecule has 0 aliphatic carbocycles. The van der Waals surface area contributed by atoms with E-state index < -0.39 is 18.8 Å². The summed E-state index contributed by atoms with van der Waals surface area (Å²) in [5.41, 5.74) is 2.42. The molecule has 0 bridgehead atoms. The smallest absolute Gasteiger partial charge is 0.204 e. The molecule has 0 fully saturated rings. The van der Waals surface area contributed by atoms with Gasteiger partial charge >= 0.3 is 12.3 Å². The Hall–Kier alpha value is -1.58. The van der Waals surface area contributed by atoms with E-state index in [0.717, 1.165) is 29.6 Å². The van der Waals surface area contributed by atoms with Crippen LogP contribution in [0.1, 0.15) is 44.6 Å². The van der Waals surface area contributed by atoms with E-state index in [4.69, 9.17) is 0 Å². The van der Waals surface area contributed by atoms with Gasteiger partial charge in [-0.3, -0.25) is 0 Å². The monoisotopic (exact) mass is 314 g/mol. The predicted octanol–water partition coefficient (Wildman–Crippen LogP) is 6.50. The highest BCUT2D eigenvalue weighted by Gasteiger charge is 2.40. The first-order valence-electron chi connectivity index (χ1n) is 7.48. The Kier molecular flexibility index (Phi) is 7.36. The number of alkyl halides is 4. The standard InChI is InChI=1S/C18H22F4/c1-3-5-9-15(12-13-18(21,22)17(19)20)16(4-2)14-10-7-6-8-11-14/h4,6-8,10-11,17H,2-3,5,9,12-13H2,1H3/b16-15+. The number of rotatable bonds is 9. The third kappa shape index (κ3) is 5.32. The minimum atomic E-state index is -3.94. The molecule has 0 saturated heterocycles. The van der Waals surface area contributed by atoms with Crippen molar-refractivity contribution >= 4 is 5.57 Å². The average Bonchev–Trinajstić information content (AvgIpc) is 2.51. The number of hydrogen-bond acceptors (Lipinski definition) is 0. The SMILES string of the molecule is C=C/C(=C(/CCCC)CCC(F)(F)C(F)F)c1ccccc1. The van der Waals surface area contributed by atoms with Gasteiger partial charge < -0.3 is 0 Å². The minimum absolute atomic E-state index is 0.0480. The first-order valence-corrected chi connectivity index (χ1v) is 7.48. The fourth-order valence-electron chi connectivity index (χ4n) is 2.30. The quantitative estimate of drug-likeness (QED) is 0.360. The van der Waals surface area contributed by atoms with Crippen molar-refractivity contribution in [1.82, 2.24) is 0 Å². The normalized spacial score (nSPS) is 13.2. The molecule has 4 heteroatoms. The molecule has 0 nitrogen and oxygen atoms in total. The van der Waals surface area contributed by atoms with Crippen LogP contribution in [0.2, 0.25) is 0 Å². The molecule has 0 aliphatic rings. The van der Waals surface area contributed by atoms with Gasteiger partial charge in [-0.15, -0.1) is 0 Å². The van der Waals surface area contributed by atoms with Crippen LogP contribution >= 0.6 is 0 Å². The molecule has 1 rings (SSSR count). The predicted molar refractivity (Wildman–Crippen MR) is 83.3 cm³/mol. The molecule has 22 heavy (non-hydrogen) atoms. The number of unbranched alkanes of at least 4 members (excludes halogenated alkanes) is 1. The second-order valence-corrected chi connectivity index (χ2v) is 5.25. The maximum atomic E-state index is 13.2. The van der Waals surface area contributed by atoms with Crippen LogP contribution in [0.25, 0.3) is 5.57 Å². The molecule has 0 atom stereocenters. The fourth-order valence-corrected chi connectivity index (χ4v) is 2.30. The molecule has 0 unspecified atom stereocenters. The van der Waals surface area contributed by atoms with Crippen LogP contribution in [-0.2, 0) is 0 Å². The Balaban J connectivity index is 3.04. The van der Waals surface area contributed by atoms with Gasteiger partial charge in [0.1, 0.15) is 0 Å². The van der Waals surface area contributed by atoms with Crippen LogP contribution in [0.3, 0.4) is 0 Å². The van der Waals surface area contributed by atoms with Crippen molar-refractivity contribution in [3.05, 3.63) is 54.1 Å². The largest absolute Gasteiger partial charge is 0.307 e. The molecule has 0 aromatic heterocycles. The highest BCUT2D eigenvalue weighted by Crippen LogP contribution is 2.33. The molecular formula is C18H22F4. The summed E-state index contributed by atoms with van der Waals surface area (Å²) >= 11 is 0. The second kappa shape index (κ2) is 8.76. The number of benzene rings is 1. The summed E-state index contributed by atoms with van der Waals surface area (Å²) < 4.78 is 51.1. The summed E-state index contributed by atoms with van der Waals surface area (Å²) in [6, 6.07) is 9.30. The summed E-state index contributed by atoms with van der Waals surface area (Å²) in [7, 11) is 0. The lowest BCUT2D eigenvalue weighted by Crippen LogP contribution is -2.26. The van der Waals surface area contributed by atoms with Gasteiger partial charge in [0, 0.05) is 6.42 Å². The Bertz CT molecular complexity index is 489. The molecule has 0 aliphatic heterocycles. The van der Waals surface area contributed by atoms with Crippen molar-refractivity contribution in [1.29, 1.82) is 0 Å². The Morgan fingerprint density at radius 2 is 1.82 bits per heavy atom. The van der Waals surface area contributed by atoms with Gasteiger partial charge in [-0.1, -0.05) is 61.9 Å². The van der Waals surface area contributed by atoms with Gasteiger partial charge in [-0.05, 0) is 30.4 Å². The topological polar surface area (TPSA) is 0 Å². The van der Waals surface area contributed by atoms with Gasteiger partial charge in [0.05, 0.1) is 0 Å². The molecule has 122 valence electrons. The van der Waals surface area contributed by atoms with E-state index in [1.165, 1.54) is 0 Å². The van der Waals surface area contributed by atoms with Crippen LogP contribution in [0.5, 0.6) is 0 Å². The number of allylic oxidation sites excluding steroid dienone is 3. The highest BCUT2D eigenvalue weighted by atomic mass is 19.3. The van der Waals surface area contributed by atoms with E-state index in [0.29, 0.717) is 6.42 Å². The maximum absolute atomic E-state index is 13.2. The van der Waals surface area contributed by atoms with Crippen molar-refractivity contribution in [3.63, 3.8) is 0 Å². The summed E-state index contributed by atoms with van der Waals surface area (Å²) in [5, 5.41) is 0. The minimum Gasteiger partial charge on any atom is -0.204 e. The summed E-state index contributed by atoms with van der Waals surface area (Å²) in [6.07, 6.45) is -0.522. The zero-order valence-corrected chi connectivity index (χ0v) is 12.8. The first kappa shape index (κ1) is 18.5. The fraction of sp³-hybridized carbons (Fsp3) is 0.444. The van der Waals surface area contributed by atoms with Crippen LogP contribution in [0.4, 0.5) is 17.6 Å². The van der Waals surface area contributed by atoms with Gasteiger partial charge in [-0.2, -0.15) is 0 Å². The highest BCUT2D eigenvalue weighted by molar-refractivity contribution is 5.76. The van der Waals surface area contributed by atoms with Crippen molar-refractivity contribution in [2.75, 3.05) is 0 Å². The molecule has 0 saturated carbocycles.